The SMILES string of the molecule is Cc1cnc2c(F)cc(-c3c[nH]c4nc(C5CC5)ncc34)cn12. The van der Waals surface area contributed by atoms with Crippen LogP contribution in [0.25, 0.3) is 27.8 Å². The van der Waals surface area contributed by atoms with E-state index in [1.165, 1.54) is 18.9 Å². The maximum absolute atomic E-state index is 14.3. The lowest BCUT2D eigenvalue weighted by atomic mass is 10.1. The number of imidazole rings is 1. The highest BCUT2D eigenvalue weighted by Gasteiger charge is 2.27. The van der Waals surface area contributed by atoms with E-state index in [0.717, 1.165) is 33.7 Å². The van der Waals surface area contributed by atoms with Gasteiger partial charge in [-0.3, -0.25) is 0 Å². The van der Waals surface area contributed by atoms with Crippen molar-refractivity contribution in [2.24, 2.45) is 0 Å². The third-order valence-electron chi connectivity index (χ3n) is 4.45. The van der Waals surface area contributed by atoms with Crippen LogP contribution in [0.4, 0.5) is 4.39 Å². The third kappa shape index (κ3) is 1.87. The van der Waals surface area contributed by atoms with E-state index in [2.05, 4.69) is 19.9 Å². The Morgan fingerprint density at radius 1 is 1.26 bits per heavy atom. The van der Waals surface area contributed by atoms with E-state index >= 15 is 0 Å². The molecular formula is C17H14FN5. The van der Waals surface area contributed by atoms with Gasteiger partial charge in [0, 0.05) is 52.9 Å². The molecule has 0 saturated heterocycles. The minimum absolute atomic E-state index is 0.333. The van der Waals surface area contributed by atoms with Crippen LogP contribution >= 0.6 is 0 Å². The Morgan fingerprint density at radius 3 is 2.96 bits per heavy atom. The number of rotatable bonds is 2. The predicted octanol–water partition coefficient (Wildman–Crippen LogP) is 3.60. The first-order chi connectivity index (χ1) is 11.2. The molecule has 1 saturated carbocycles. The van der Waals surface area contributed by atoms with Gasteiger partial charge in [0.2, 0.25) is 0 Å². The van der Waals surface area contributed by atoms with Crippen LogP contribution in [0.5, 0.6) is 0 Å². The minimum Gasteiger partial charge on any atom is -0.345 e. The molecule has 4 aromatic rings. The normalized spacial score (nSPS) is 14.9. The van der Waals surface area contributed by atoms with Crippen molar-refractivity contribution in [3.05, 3.63) is 48.2 Å². The van der Waals surface area contributed by atoms with E-state index in [1.54, 1.807) is 10.6 Å². The molecule has 0 spiro atoms. The molecule has 1 fully saturated rings. The average Bonchev–Trinajstić information content (AvgIpc) is 3.21. The zero-order valence-electron chi connectivity index (χ0n) is 12.5. The first-order valence-electron chi connectivity index (χ1n) is 7.68. The Bertz CT molecular complexity index is 1060. The molecule has 0 bridgehead atoms. The van der Waals surface area contributed by atoms with Crippen LogP contribution in [-0.4, -0.2) is 24.3 Å². The summed E-state index contributed by atoms with van der Waals surface area (Å²) in [4.78, 5) is 16.4. The first kappa shape index (κ1) is 12.8. The predicted molar refractivity (Wildman–Crippen MR) is 84.7 cm³/mol. The van der Waals surface area contributed by atoms with Gasteiger partial charge in [0.15, 0.2) is 11.5 Å². The number of nitrogens with one attached hydrogen (secondary N) is 1. The molecule has 0 aliphatic heterocycles. The summed E-state index contributed by atoms with van der Waals surface area (Å²) in [6.07, 6.45) is 9.61. The first-order valence-corrected chi connectivity index (χ1v) is 7.68. The molecule has 0 atom stereocenters. The van der Waals surface area contributed by atoms with Gasteiger partial charge in [0.1, 0.15) is 11.5 Å². The number of aromatic amines is 1. The maximum Gasteiger partial charge on any atom is 0.173 e. The van der Waals surface area contributed by atoms with Gasteiger partial charge in [-0.05, 0) is 25.8 Å². The van der Waals surface area contributed by atoms with Gasteiger partial charge in [0.25, 0.3) is 0 Å². The van der Waals surface area contributed by atoms with E-state index in [1.807, 2.05) is 25.5 Å². The fourth-order valence-electron chi connectivity index (χ4n) is 3.01. The standard InChI is InChI=1S/C17H14FN5/c1-9-5-21-17-14(18)4-11(8-23(9)17)12-6-20-16-13(12)7-19-15(22-16)10-2-3-10/h4-8,10H,2-3H2,1H3,(H,19,20,22). The molecule has 0 amide bonds. The number of nitrogens with zero attached hydrogens (tertiary/aromatic N) is 4. The lowest BCUT2D eigenvalue weighted by molar-refractivity contribution is 0.630. The van der Waals surface area contributed by atoms with Gasteiger partial charge in [-0.25, -0.2) is 19.3 Å². The second-order valence-electron chi connectivity index (χ2n) is 6.14. The molecule has 1 aliphatic carbocycles. The van der Waals surface area contributed by atoms with Gasteiger partial charge in [-0.2, -0.15) is 0 Å². The molecule has 5 nitrogen and oxygen atoms in total. The van der Waals surface area contributed by atoms with E-state index in [9.17, 15) is 4.39 Å². The quantitative estimate of drug-likeness (QED) is 0.615. The Labute approximate surface area is 131 Å². The van der Waals surface area contributed by atoms with Gasteiger partial charge >= 0.3 is 0 Å². The van der Waals surface area contributed by atoms with Gasteiger partial charge < -0.3 is 9.38 Å². The van der Waals surface area contributed by atoms with Crippen LogP contribution < -0.4 is 0 Å². The van der Waals surface area contributed by atoms with Crippen molar-refractivity contribution < 1.29 is 4.39 Å². The molecule has 114 valence electrons. The number of H-pyrrole nitrogens is 1. The molecule has 0 radical (unpaired) electrons. The van der Waals surface area contributed by atoms with Crippen LogP contribution in [0.1, 0.15) is 30.3 Å². The molecule has 0 aromatic carbocycles. The highest BCUT2D eigenvalue weighted by Crippen LogP contribution is 2.39. The van der Waals surface area contributed by atoms with Crippen LogP contribution in [0, 0.1) is 12.7 Å². The lowest BCUT2D eigenvalue weighted by Crippen LogP contribution is -1.94. The second kappa shape index (κ2) is 4.38. The molecule has 0 unspecified atom stereocenters. The maximum atomic E-state index is 14.3. The van der Waals surface area contributed by atoms with Gasteiger partial charge in [-0.1, -0.05) is 0 Å². The number of aryl methyl sites for hydroxylation is 1. The molecule has 4 heterocycles. The summed E-state index contributed by atoms with van der Waals surface area (Å²) in [7, 11) is 0. The van der Waals surface area contributed by atoms with Crippen LogP contribution in [0.15, 0.2) is 30.9 Å². The molecule has 4 aromatic heterocycles. The fraction of sp³-hybridized carbons (Fsp3) is 0.235. The van der Waals surface area contributed by atoms with Crippen molar-refractivity contribution in [3.8, 4) is 11.1 Å². The van der Waals surface area contributed by atoms with Crippen LogP contribution in [-0.2, 0) is 0 Å². The number of hydrogen-bond acceptors (Lipinski definition) is 3. The number of fused-ring (bicyclic) bond motifs is 2. The summed E-state index contributed by atoms with van der Waals surface area (Å²) in [6, 6.07) is 1.51. The molecule has 1 N–H and O–H groups in total. The molecule has 5 rings (SSSR count). The van der Waals surface area contributed by atoms with E-state index in [-0.39, 0.29) is 5.82 Å². The Balaban J connectivity index is 1.71. The van der Waals surface area contributed by atoms with Crippen molar-refractivity contribution in [2.75, 3.05) is 0 Å². The highest BCUT2D eigenvalue weighted by atomic mass is 19.1. The Hall–Kier alpha value is -2.76. The largest absolute Gasteiger partial charge is 0.345 e. The summed E-state index contributed by atoms with van der Waals surface area (Å²) in [5.74, 6) is 1.08. The van der Waals surface area contributed by atoms with Gasteiger partial charge in [0.05, 0.1) is 0 Å². The molecular weight excluding hydrogens is 293 g/mol. The minimum atomic E-state index is -0.333. The molecule has 23 heavy (non-hydrogen) atoms. The highest BCUT2D eigenvalue weighted by molar-refractivity contribution is 5.93. The topological polar surface area (TPSA) is 58.9 Å². The number of pyridine rings is 1. The number of halogens is 1. The summed E-state index contributed by atoms with van der Waals surface area (Å²) in [5.41, 5.74) is 3.73. The number of aromatic nitrogens is 5. The smallest absolute Gasteiger partial charge is 0.173 e. The summed E-state index contributed by atoms with van der Waals surface area (Å²) in [5, 5.41) is 0.908. The zero-order chi connectivity index (χ0) is 15.6. The lowest BCUT2D eigenvalue weighted by Gasteiger charge is -2.04. The van der Waals surface area contributed by atoms with Crippen molar-refractivity contribution in [3.63, 3.8) is 0 Å². The zero-order valence-corrected chi connectivity index (χ0v) is 12.5. The Morgan fingerprint density at radius 2 is 2.13 bits per heavy atom. The average molecular weight is 307 g/mol. The van der Waals surface area contributed by atoms with Crippen molar-refractivity contribution in [2.45, 2.75) is 25.7 Å². The molecule has 6 heteroatoms. The Kier molecular flexibility index (Phi) is 2.43. The van der Waals surface area contributed by atoms with E-state index in [0.29, 0.717) is 11.6 Å². The van der Waals surface area contributed by atoms with Crippen molar-refractivity contribution in [1.82, 2.24) is 24.3 Å². The van der Waals surface area contributed by atoms with Gasteiger partial charge in [-0.15, -0.1) is 0 Å². The van der Waals surface area contributed by atoms with Crippen molar-refractivity contribution in [1.29, 1.82) is 0 Å². The summed E-state index contributed by atoms with van der Waals surface area (Å²) >= 11 is 0. The van der Waals surface area contributed by atoms with Crippen LogP contribution in [0.2, 0.25) is 0 Å². The van der Waals surface area contributed by atoms with Crippen LogP contribution in [0.3, 0.4) is 0 Å². The summed E-state index contributed by atoms with van der Waals surface area (Å²) in [6.45, 7) is 1.91. The number of hydrogen-bond donors (Lipinski definition) is 1. The third-order valence-corrected chi connectivity index (χ3v) is 4.45. The fourth-order valence-corrected chi connectivity index (χ4v) is 3.01. The molecule has 1 aliphatic rings. The summed E-state index contributed by atoms with van der Waals surface area (Å²) < 4.78 is 16.1. The second-order valence-corrected chi connectivity index (χ2v) is 6.14. The van der Waals surface area contributed by atoms with E-state index in [4.69, 9.17) is 0 Å². The monoisotopic (exact) mass is 307 g/mol. The van der Waals surface area contributed by atoms with E-state index < -0.39 is 0 Å². The van der Waals surface area contributed by atoms with Crippen molar-refractivity contribution >= 4 is 16.7 Å².